The van der Waals surface area contributed by atoms with Crippen LogP contribution in [-0.4, -0.2) is 19.2 Å². The molecule has 3 rings (SSSR count). The van der Waals surface area contributed by atoms with Gasteiger partial charge in [0.1, 0.15) is 5.75 Å². The third-order valence-electron chi connectivity index (χ3n) is 4.21. The Bertz CT molecular complexity index is 415. The molecule has 2 fully saturated rings. The van der Waals surface area contributed by atoms with Gasteiger partial charge in [0.2, 0.25) is 0 Å². The lowest BCUT2D eigenvalue weighted by molar-refractivity contribution is 0.271. The van der Waals surface area contributed by atoms with E-state index in [4.69, 9.17) is 4.74 Å². The fraction of sp³-hybridized carbons (Fsp3) is 0.647. The van der Waals surface area contributed by atoms with Gasteiger partial charge in [-0.2, -0.15) is 0 Å². The second kappa shape index (κ2) is 5.16. The molecule has 1 aromatic rings. The number of rotatable bonds is 7. The largest absolute Gasteiger partial charge is 0.493 e. The molecule has 1 N–H and O–H groups in total. The molecule has 0 bridgehead atoms. The first-order valence-corrected chi connectivity index (χ1v) is 7.65. The number of hydrogen-bond acceptors (Lipinski definition) is 2. The van der Waals surface area contributed by atoms with Crippen molar-refractivity contribution in [2.24, 2.45) is 5.92 Å². The van der Waals surface area contributed by atoms with Crippen LogP contribution in [0.3, 0.4) is 0 Å². The highest BCUT2D eigenvalue weighted by molar-refractivity contribution is 5.36. The highest BCUT2D eigenvalue weighted by Gasteiger charge is 2.44. The molecule has 2 aliphatic rings. The molecule has 2 aliphatic carbocycles. The van der Waals surface area contributed by atoms with Gasteiger partial charge in [-0.25, -0.2) is 0 Å². The van der Waals surface area contributed by atoms with Crippen LogP contribution in [0, 0.1) is 5.92 Å². The molecular formula is C17H25NO. The molecule has 19 heavy (non-hydrogen) atoms. The van der Waals surface area contributed by atoms with Gasteiger partial charge >= 0.3 is 0 Å². The third-order valence-corrected chi connectivity index (χ3v) is 4.21. The van der Waals surface area contributed by atoms with E-state index in [-0.39, 0.29) is 0 Å². The summed E-state index contributed by atoms with van der Waals surface area (Å²) in [6.07, 6.45) is 5.41. The van der Waals surface area contributed by atoms with E-state index in [0.717, 1.165) is 24.9 Å². The van der Waals surface area contributed by atoms with E-state index in [2.05, 4.69) is 43.4 Å². The molecule has 0 saturated heterocycles. The molecule has 0 aromatic heterocycles. The predicted molar refractivity (Wildman–Crippen MR) is 78.7 cm³/mol. The lowest BCUT2D eigenvalue weighted by Gasteiger charge is -2.17. The Kier molecular flexibility index (Phi) is 3.53. The molecule has 2 heteroatoms. The number of hydrogen-bond donors (Lipinski definition) is 1. The second-order valence-electron chi connectivity index (χ2n) is 6.66. The van der Waals surface area contributed by atoms with Gasteiger partial charge in [0.15, 0.2) is 0 Å². The van der Waals surface area contributed by atoms with E-state index >= 15 is 0 Å². The van der Waals surface area contributed by atoms with Gasteiger partial charge in [-0.3, -0.25) is 0 Å². The molecule has 0 heterocycles. The first kappa shape index (κ1) is 13.0. The van der Waals surface area contributed by atoms with Crippen LogP contribution < -0.4 is 10.1 Å². The van der Waals surface area contributed by atoms with E-state index in [1.165, 1.54) is 31.2 Å². The molecule has 0 amide bonds. The smallest absolute Gasteiger partial charge is 0.119 e. The Labute approximate surface area is 116 Å². The monoisotopic (exact) mass is 259 g/mol. The van der Waals surface area contributed by atoms with E-state index < -0.39 is 0 Å². The molecule has 2 saturated carbocycles. The highest BCUT2D eigenvalue weighted by Crippen LogP contribution is 2.48. The summed E-state index contributed by atoms with van der Waals surface area (Å²) in [6, 6.07) is 9.60. The molecular weight excluding hydrogens is 234 g/mol. The predicted octanol–water partition coefficient (Wildman–Crippen LogP) is 3.51. The maximum absolute atomic E-state index is 5.75. The van der Waals surface area contributed by atoms with Gasteiger partial charge in [-0.1, -0.05) is 26.0 Å². The topological polar surface area (TPSA) is 21.3 Å². The van der Waals surface area contributed by atoms with Crippen LogP contribution in [0.2, 0.25) is 0 Å². The Morgan fingerprint density at radius 3 is 2.42 bits per heavy atom. The molecule has 2 nitrogen and oxygen atoms in total. The number of ether oxygens (including phenoxy) is 1. The van der Waals surface area contributed by atoms with Gasteiger partial charge in [0, 0.05) is 18.0 Å². The Balaban J connectivity index is 1.58. The van der Waals surface area contributed by atoms with Crippen molar-refractivity contribution in [3.63, 3.8) is 0 Å². The maximum Gasteiger partial charge on any atom is 0.119 e. The molecule has 1 aromatic carbocycles. The van der Waals surface area contributed by atoms with Crippen molar-refractivity contribution >= 4 is 0 Å². The van der Waals surface area contributed by atoms with Crippen LogP contribution in [0.25, 0.3) is 0 Å². The van der Waals surface area contributed by atoms with Crippen LogP contribution in [0.4, 0.5) is 0 Å². The normalized spacial score (nSPS) is 20.6. The van der Waals surface area contributed by atoms with Crippen LogP contribution in [0.15, 0.2) is 24.3 Å². The van der Waals surface area contributed by atoms with Crippen molar-refractivity contribution < 1.29 is 4.74 Å². The van der Waals surface area contributed by atoms with E-state index in [9.17, 15) is 0 Å². The van der Waals surface area contributed by atoms with Crippen molar-refractivity contribution in [3.05, 3.63) is 29.8 Å². The third kappa shape index (κ3) is 3.30. The summed E-state index contributed by atoms with van der Waals surface area (Å²) in [5, 5.41) is 3.68. The maximum atomic E-state index is 5.75. The van der Waals surface area contributed by atoms with Crippen molar-refractivity contribution in [1.29, 1.82) is 0 Å². The van der Waals surface area contributed by atoms with Crippen molar-refractivity contribution in [2.75, 3.05) is 13.2 Å². The van der Waals surface area contributed by atoms with Crippen molar-refractivity contribution in [2.45, 2.75) is 51.0 Å². The second-order valence-corrected chi connectivity index (χ2v) is 6.66. The molecule has 0 radical (unpaired) electrons. The summed E-state index contributed by atoms with van der Waals surface area (Å²) < 4.78 is 5.75. The van der Waals surface area contributed by atoms with Crippen LogP contribution >= 0.6 is 0 Å². The standard InChI is InChI=1S/C17H25NO/c1-13(2)11-19-16-7-3-14(4-8-16)17(9-10-17)12-18-15-5-6-15/h3-4,7-8,13,15,18H,5-6,9-12H2,1-2H3. The van der Waals surface area contributed by atoms with Crippen LogP contribution in [0.1, 0.15) is 45.1 Å². The Morgan fingerprint density at radius 1 is 1.21 bits per heavy atom. The SMILES string of the molecule is CC(C)COc1ccc(C2(CNC3CC3)CC2)cc1. The minimum atomic E-state index is 0.430. The van der Waals surface area contributed by atoms with E-state index in [0.29, 0.717) is 11.3 Å². The minimum Gasteiger partial charge on any atom is -0.493 e. The lowest BCUT2D eigenvalue weighted by Crippen LogP contribution is -2.28. The molecule has 0 unspecified atom stereocenters. The average molecular weight is 259 g/mol. The summed E-state index contributed by atoms with van der Waals surface area (Å²) in [6.45, 7) is 6.31. The van der Waals surface area contributed by atoms with Gasteiger partial charge in [-0.15, -0.1) is 0 Å². The minimum absolute atomic E-state index is 0.430. The number of benzene rings is 1. The lowest BCUT2D eigenvalue weighted by atomic mass is 9.96. The fourth-order valence-electron chi connectivity index (χ4n) is 2.51. The van der Waals surface area contributed by atoms with Crippen LogP contribution in [0.5, 0.6) is 5.75 Å². The molecule has 0 atom stereocenters. The summed E-state index contributed by atoms with van der Waals surface area (Å²) >= 11 is 0. The van der Waals surface area contributed by atoms with Gasteiger partial charge in [0.05, 0.1) is 6.61 Å². The van der Waals surface area contributed by atoms with E-state index in [1.807, 2.05) is 0 Å². The van der Waals surface area contributed by atoms with Crippen molar-refractivity contribution in [1.82, 2.24) is 5.32 Å². The zero-order valence-electron chi connectivity index (χ0n) is 12.1. The van der Waals surface area contributed by atoms with E-state index in [1.54, 1.807) is 0 Å². The fourth-order valence-corrected chi connectivity index (χ4v) is 2.51. The van der Waals surface area contributed by atoms with Gasteiger partial charge in [-0.05, 0) is 49.3 Å². The average Bonchev–Trinajstić information content (AvgIpc) is 3.28. The number of nitrogens with one attached hydrogen (secondary N) is 1. The van der Waals surface area contributed by atoms with Crippen LogP contribution in [-0.2, 0) is 5.41 Å². The molecule has 0 spiro atoms. The molecule has 104 valence electrons. The van der Waals surface area contributed by atoms with Gasteiger partial charge < -0.3 is 10.1 Å². The summed E-state index contributed by atoms with van der Waals surface area (Å²) in [5.41, 5.74) is 1.91. The highest BCUT2D eigenvalue weighted by atomic mass is 16.5. The zero-order valence-corrected chi connectivity index (χ0v) is 12.1. The quantitative estimate of drug-likeness (QED) is 0.809. The Hall–Kier alpha value is -1.02. The van der Waals surface area contributed by atoms with Gasteiger partial charge in [0.25, 0.3) is 0 Å². The first-order chi connectivity index (χ1) is 9.18. The zero-order chi connectivity index (χ0) is 13.3. The summed E-state index contributed by atoms with van der Waals surface area (Å²) in [7, 11) is 0. The Morgan fingerprint density at radius 2 is 1.89 bits per heavy atom. The molecule has 0 aliphatic heterocycles. The summed E-state index contributed by atoms with van der Waals surface area (Å²) in [5.74, 6) is 1.58. The van der Waals surface area contributed by atoms with Crippen molar-refractivity contribution in [3.8, 4) is 5.75 Å². The summed E-state index contributed by atoms with van der Waals surface area (Å²) in [4.78, 5) is 0. The first-order valence-electron chi connectivity index (χ1n) is 7.65.